The first-order chi connectivity index (χ1) is 11.3. The molecular weight excluding hydrogens is 308 g/mol. The molecule has 2 aliphatic carbocycles. The van der Waals surface area contributed by atoms with E-state index in [-0.39, 0.29) is 36.0 Å². The molecule has 6 atom stereocenters. The number of fused-ring (bicyclic) bond motifs is 2. The van der Waals surface area contributed by atoms with Crippen LogP contribution in [0.15, 0.2) is 0 Å². The number of ether oxygens (including phenoxy) is 3. The summed E-state index contributed by atoms with van der Waals surface area (Å²) in [5.41, 5.74) is -0.976. The standard InChI is InChI=1S/C19H30O5/c1-17(2,3)16(21)22-11-19-9-5-7-13(15(19)24-19)12-6-4-8-18(10-20)14(12)23-18/h12-15,20H,4-11H2,1-3H3. The van der Waals surface area contributed by atoms with Gasteiger partial charge in [0.2, 0.25) is 0 Å². The van der Waals surface area contributed by atoms with Gasteiger partial charge < -0.3 is 19.3 Å². The van der Waals surface area contributed by atoms with Gasteiger partial charge in [-0.25, -0.2) is 0 Å². The Kier molecular flexibility index (Phi) is 3.79. The molecule has 2 heterocycles. The number of aliphatic hydroxyl groups is 1. The molecule has 136 valence electrons. The van der Waals surface area contributed by atoms with Gasteiger partial charge in [0.25, 0.3) is 0 Å². The van der Waals surface area contributed by atoms with E-state index in [4.69, 9.17) is 14.2 Å². The van der Waals surface area contributed by atoms with Gasteiger partial charge in [-0.1, -0.05) is 0 Å². The zero-order valence-electron chi connectivity index (χ0n) is 15.0. The number of rotatable bonds is 4. The highest BCUT2D eigenvalue weighted by molar-refractivity contribution is 5.75. The SMILES string of the molecule is CC(C)(C)C(=O)OCC12CCCC(C3CCCC4(CO)OC34)C1O2. The normalized spacial score (nSPS) is 46.7. The van der Waals surface area contributed by atoms with Crippen molar-refractivity contribution < 1.29 is 24.1 Å². The van der Waals surface area contributed by atoms with Crippen molar-refractivity contribution in [2.24, 2.45) is 17.3 Å². The molecule has 2 saturated carbocycles. The molecule has 1 N–H and O–H groups in total. The van der Waals surface area contributed by atoms with E-state index >= 15 is 0 Å². The number of aliphatic hydroxyl groups excluding tert-OH is 1. The molecule has 2 aliphatic heterocycles. The Morgan fingerprint density at radius 1 is 1.08 bits per heavy atom. The lowest BCUT2D eigenvalue weighted by atomic mass is 9.68. The van der Waals surface area contributed by atoms with E-state index in [1.54, 1.807) is 0 Å². The summed E-state index contributed by atoms with van der Waals surface area (Å²) in [4.78, 5) is 12.1. The van der Waals surface area contributed by atoms with Crippen molar-refractivity contribution >= 4 is 5.97 Å². The summed E-state index contributed by atoms with van der Waals surface area (Å²) in [6.45, 7) is 6.16. The topological polar surface area (TPSA) is 71.6 Å². The smallest absolute Gasteiger partial charge is 0.311 e. The second-order valence-corrected chi connectivity index (χ2v) is 9.30. The van der Waals surface area contributed by atoms with Crippen LogP contribution in [0.4, 0.5) is 0 Å². The molecule has 0 bridgehead atoms. The average Bonchev–Trinajstić information content (AvgIpc) is 3.43. The Labute approximate surface area is 144 Å². The van der Waals surface area contributed by atoms with E-state index in [9.17, 15) is 9.90 Å². The van der Waals surface area contributed by atoms with Crippen LogP contribution in [0, 0.1) is 17.3 Å². The number of hydrogen-bond donors (Lipinski definition) is 1. The lowest BCUT2D eigenvalue weighted by Crippen LogP contribution is -2.40. The van der Waals surface area contributed by atoms with Crippen LogP contribution in [-0.4, -0.2) is 47.7 Å². The van der Waals surface area contributed by atoms with E-state index in [1.165, 1.54) is 0 Å². The van der Waals surface area contributed by atoms with Crippen LogP contribution < -0.4 is 0 Å². The van der Waals surface area contributed by atoms with E-state index < -0.39 is 5.41 Å². The maximum Gasteiger partial charge on any atom is 0.311 e. The van der Waals surface area contributed by atoms with Gasteiger partial charge >= 0.3 is 5.97 Å². The van der Waals surface area contributed by atoms with Gasteiger partial charge in [0, 0.05) is 0 Å². The monoisotopic (exact) mass is 338 g/mol. The molecule has 0 aromatic carbocycles. The zero-order valence-corrected chi connectivity index (χ0v) is 15.0. The Morgan fingerprint density at radius 3 is 2.21 bits per heavy atom. The van der Waals surface area contributed by atoms with Gasteiger partial charge in [-0.05, 0) is 71.1 Å². The Balaban J connectivity index is 1.39. The van der Waals surface area contributed by atoms with Crippen molar-refractivity contribution in [3.05, 3.63) is 0 Å². The van der Waals surface area contributed by atoms with E-state index in [1.807, 2.05) is 20.8 Å². The van der Waals surface area contributed by atoms with Gasteiger partial charge in [-0.3, -0.25) is 4.79 Å². The summed E-state index contributed by atoms with van der Waals surface area (Å²) in [5.74, 6) is 0.804. The third-order valence-corrected chi connectivity index (χ3v) is 6.58. The number of epoxide rings is 2. The molecule has 5 nitrogen and oxygen atoms in total. The minimum Gasteiger partial charge on any atom is -0.462 e. The fraction of sp³-hybridized carbons (Fsp3) is 0.947. The molecule has 0 radical (unpaired) electrons. The maximum absolute atomic E-state index is 12.1. The van der Waals surface area contributed by atoms with Crippen molar-refractivity contribution in [3.63, 3.8) is 0 Å². The van der Waals surface area contributed by atoms with Gasteiger partial charge in [0.1, 0.15) is 17.8 Å². The summed E-state index contributed by atoms with van der Waals surface area (Å²) < 4.78 is 17.6. The van der Waals surface area contributed by atoms with Gasteiger partial charge in [0.15, 0.2) is 0 Å². The van der Waals surface area contributed by atoms with Crippen LogP contribution in [0.25, 0.3) is 0 Å². The highest BCUT2D eigenvalue weighted by atomic mass is 16.6. The van der Waals surface area contributed by atoms with Gasteiger partial charge in [-0.15, -0.1) is 0 Å². The molecule has 6 unspecified atom stereocenters. The fourth-order valence-corrected chi connectivity index (χ4v) is 5.05. The molecule has 4 aliphatic rings. The molecule has 5 heteroatoms. The average molecular weight is 338 g/mol. The first-order valence-corrected chi connectivity index (χ1v) is 9.45. The second-order valence-electron chi connectivity index (χ2n) is 9.30. The second kappa shape index (κ2) is 5.42. The predicted octanol–water partition coefficient (Wildman–Crippen LogP) is 2.44. The molecule has 0 spiro atoms. The minimum atomic E-state index is -0.471. The lowest BCUT2D eigenvalue weighted by Gasteiger charge is -2.33. The van der Waals surface area contributed by atoms with Crippen LogP contribution in [-0.2, 0) is 19.0 Å². The molecule has 4 rings (SSSR count). The summed E-state index contributed by atoms with van der Waals surface area (Å²) in [7, 11) is 0. The molecule has 0 amide bonds. The van der Waals surface area contributed by atoms with E-state index in [0.717, 1.165) is 38.5 Å². The summed E-state index contributed by atoms with van der Waals surface area (Å²) in [6.07, 6.45) is 6.92. The van der Waals surface area contributed by atoms with Crippen molar-refractivity contribution in [1.82, 2.24) is 0 Å². The zero-order chi connectivity index (χ0) is 17.2. The predicted molar refractivity (Wildman–Crippen MR) is 87.4 cm³/mol. The largest absolute Gasteiger partial charge is 0.462 e. The third kappa shape index (κ3) is 2.60. The van der Waals surface area contributed by atoms with Crippen LogP contribution in [0.3, 0.4) is 0 Å². The minimum absolute atomic E-state index is 0.140. The lowest BCUT2D eigenvalue weighted by molar-refractivity contribution is -0.155. The third-order valence-electron chi connectivity index (χ3n) is 6.58. The number of esters is 1. The Bertz CT molecular complexity index is 526. The van der Waals surface area contributed by atoms with Crippen molar-refractivity contribution in [3.8, 4) is 0 Å². The first-order valence-electron chi connectivity index (χ1n) is 9.45. The fourth-order valence-electron chi connectivity index (χ4n) is 5.05. The van der Waals surface area contributed by atoms with E-state index in [0.29, 0.717) is 18.4 Å². The van der Waals surface area contributed by atoms with E-state index in [2.05, 4.69) is 0 Å². The van der Waals surface area contributed by atoms with Crippen molar-refractivity contribution in [1.29, 1.82) is 0 Å². The molecular formula is C19H30O5. The van der Waals surface area contributed by atoms with Crippen molar-refractivity contribution in [2.75, 3.05) is 13.2 Å². The highest BCUT2D eigenvalue weighted by Crippen LogP contribution is 2.60. The Hall–Kier alpha value is -0.650. The van der Waals surface area contributed by atoms with Crippen LogP contribution in [0.5, 0.6) is 0 Å². The number of carbonyl (C=O) groups excluding carboxylic acids is 1. The molecule has 2 saturated heterocycles. The summed E-state index contributed by atoms with van der Waals surface area (Å²) >= 11 is 0. The van der Waals surface area contributed by atoms with Crippen molar-refractivity contribution in [2.45, 2.75) is 82.7 Å². The summed E-state index contributed by atoms with van der Waals surface area (Å²) in [6, 6.07) is 0. The first kappa shape index (κ1) is 16.8. The maximum atomic E-state index is 12.1. The summed E-state index contributed by atoms with van der Waals surface area (Å²) in [5, 5.41) is 9.64. The van der Waals surface area contributed by atoms with Crippen LogP contribution in [0.2, 0.25) is 0 Å². The Morgan fingerprint density at radius 2 is 1.62 bits per heavy atom. The quantitative estimate of drug-likeness (QED) is 0.630. The molecule has 0 aromatic heterocycles. The highest BCUT2D eigenvalue weighted by Gasteiger charge is 2.69. The van der Waals surface area contributed by atoms with Crippen LogP contribution >= 0.6 is 0 Å². The van der Waals surface area contributed by atoms with Gasteiger partial charge in [0.05, 0.1) is 24.2 Å². The number of carbonyl (C=O) groups is 1. The molecule has 24 heavy (non-hydrogen) atoms. The number of hydrogen-bond acceptors (Lipinski definition) is 5. The van der Waals surface area contributed by atoms with Crippen LogP contribution in [0.1, 0.15) is 59.3 Å². The molecule has 0 aromatic rings. The van der Waals surface area contributed by atoms with Gasteiger partial charge in [-0.2, -0.15) is 0 Å². The molecule has 4 fully saturated rings.